The number of nitrogens with two attached hydrogens (primary N) is 2. The van der Waals surface area contributed by atoms with Gasteiger partial charge in [0.05, 0.1) is 5.52 Å². The summed E-state index contributed by atoms with van der Waals surface area (Å²) < 4.78 is 5.40. The lowest BCUT2D eigenvalue weighted by Gasteiger charge is -2.19. The van der Waals surface area contributed by atoms with Gasteiger partial charge in [-0.3, -0.25) is 4.79 Å². The Morgan fingerprint density at radius 1 is 1.41 bits per heavy atom. The molecule has 0 amide bonds. The maximum absolute atomic E-state index is 12.0. The normalized spacial score (nSPS) is 21.4. The summed E-state index contributed by atoms with van der Waals surface area (Å²) in [4.78, 5) is 23.5. The van der Waals surface area contributed by atoms with Gasteiger partial charge in [0.25, 0.3) is 0 Å². The number of rotatable bonds is 6. The first-order chi connectivity index (χ1) is 13.0. The molecule has 4 atom stereocenters. The zero-order chi connectivity index (χ0) is 20.0. The van der Waals surface area contributed by atoms with Gasteiger partial charge in [0.1, 0.15) is 24.5 Å². The number of esters is 1. The molecule has 0 spiro atoms. The SMILES string of the molecule is CCC(C)C(N)C(=O)OCC1CCC(c2c[nH]c3c(N)ncnc23)N1.CO. The summed E-state index contributed by atoms with van der Waals surface area (Å²) in [6.45, 7) is 4.30. The van der Waals surface area contributed by atoms with E-state index in [1.165, 1.54) is 6.33 Å². The number of anilines is 1. The molecule has 1 saturated heterocycles. The Balaban J connectivity index is 0.00000126. The van der Waals surface area contributed by atoms with E-state index in [1.807, 2.05) is 20.0 Å². The first kappa shape index (κ1) is 21.1. The molecule has 9 nitrogen and oxygen atoms in total. The highest BCUT2D eigenvalue weighted by atomic mass is 16.5. The van der Waals surface area contributed by atoms with E-state index in [-0.39, 0.29) is 24.0 Å². The number of fused-ring (bicyclic) bond motifs is 1. The van der Waals surface area contributed by atoms with Crippen molar-refractivity contribution < 1.29 is 14.6 Å². The van der Waals surface area contributed by atoms with E-state index in [0.717, 1.165) is 43.0 Å². The van der Waals surface area contributed by atoms with Crippen LogP contribution in [0, 0.1) is 5.92 Å². The molecule has 4 unspecified atom stereocenters. The Morgan fingerprint density at radius 3 is 2.85 bits per heavy atom. The Bertz CT molecular complexity index is 750. The summed E-state index contributed by atoms with van der Waals surface area (Å²) in [7, 11) is 1.00. The van der Waals surface area contributed by atoms with E-state index >= 15 is 0 Å². The van der Waals surface area contributed by atoms with Crippen LogP contribution in [0.5, 0.6) is 0 Å². The molecule has 2 aromatic heterocycles. The van der Waals surface area contributed by atoms with Gasteiger partial charge < -0.3 is 31.6 Å². The predicted octanol–water partition coefficient (Wildman–Crippen LogP) is 0.858. The van der Waals surface area contributed by atoms with Crippen LogP contribution in [0.15, 0.2) is 12.5 Å². The highest BCUT2D eigenvalue weighted by Crippen LogP contribution is 2.31. The Morgan fingerprint density at radius 2 is 2.15 bits per heavy atom. The molecular formula is C18H30N6O3. The topological polar surface area (TPSA) is 152 Å². The number of aromatic amines is 1. The molecule has 0 aromatic carbocycles. The van der Waals surface area contributed by atoms with Crippen molar-refractivity contribution in [3.05, 3.63) is 18.1 Å². The fourth-order valence-corrected chi connectivity index (χ4v) is 3.21. The minimum atomic E-state index is -0.560. The molecule has 1 fully saturated rings. The van der Waals surface area contributed by atoms with Crippen LogP contribution in [0.4, 0.5) is 5.82 Å². The number of hydrogen-bond acceptors (Lipinski definition) is 8. The highest BCUT2D eigenvalue weighted by molar-refractivity contribution is 5.87. The van der Waals surface area contributed by atoms with Crippen LogP contribution in [-0.4, -0.2) is 51.8 Å². The summed E-state index contributed by atoms with van der Waals surface area (Å²) in [5.74, 6) is 0.235. The van der Waals surface area contributed by atoms with Crippen molar-refractivity contribution in [2.75, 3.05) is 19.5 Å². The second-order valence-electron chi connectivity index (χ2n) is 6.76. The van der Waals surface area contributed by atoms with Crippen LogP contribution in [0.3, 0.4) is 0 Å². The summed E-state index contributed by atoms with van der Waals surface area (Å²) in [6, 6.07) is -0.298. The van der Waals surface area contributed by atoms with Crippen LogP contribution in [-0.2, 0) is 9.53 Å². The number of ether oxygens (including phenoxy) is 1. The molecule has 9 heteroatoms. The highest BCUT2D eigenvalue weighted by Gasteiger charge is 2.29. The number of hydrogen-bond donors (Lipinski definition) is 5. The smallest absolute Gasteiger partial charge is 0.323 e. The number of aromatic nitrogens is 3. The van der Waals surface area contributed by atoms with Gasteiger partial charge >= 0.3 is 5.97 Å². The summed E-state index contributed by atoms with van der Waals surface area (Å²) in [6.07, 6.45) is 6.10. The van der Waals surface area contributed by atoms with Crippen molar-refractivity contribution >= 4 is 22.8 Å². The molecule has 1 aliphatic rings. The van der Waals surface area contributed by atoms with E-state index in [4.69, 9.17) is 21.3 Å². The largest absolute Gasteiger partial charge is 0.463 e. The lowest BCUT2D eigenvalue weighted by Crippen LogP contribution is -2.40. The zero-order valence-electron chi connectivity index (χ0n) is 16.1. The summed E-state index contributed by atoms with van der Waals surface area (Å²) in [5, 5.41) is 10.5. The fraction of sp³-hybridized carbons (Fsp3) is 0.611. The summed E-state index contributed by atoms with van der Waals surface area (Å²) in [5.41, 5.74) is 14.4. The lowest BCUT2D eigenvalue weighted by atomic mass is 10.0. The van der Waals surface area contributed by atoms with Crippen LogP contribution in [0.2, 0.25) is 0 Å². The van der Waals surface area contributed by atoms with Gasteiger partial charge in [-0.2, -0.15) is 0 Å². The number of aliphatic hydroxyl groups is 1. The van der Waals surface area contributed by atoms with Gasteiger partial charge in [-0.25, -0.2) is 9.97 Å². The molecule has 0 radical (unpaired) electrons. The maximum Gasteiger partial charge on any atom is 0.323 e. The second-order valence-corrected chi connectivity index (χ2v) is 6.76. The molecule has 0 saturated carbocycles. The molecule has 0 aliphatic carbocycles. The number of carbonyl (C=O) groups excluding carboxylic acids is 1. The molecular weight excluding hydrogens is 348 g/mol. The van der Waals surface area contributed by atoms with Crippen molar-refractivity contribution in [3.8, 4) is 0 Å². The minimum absolute atomic E-state index is 0.113. The fourth-order valence-electron chi connectivity index (χ4n) is 3.21. The molecule has 3 heterocycles. The number of aliphatic hydroxyl groups excluding tert-OH is 1. The number of H-pyrrole nitrogens is 1. The first-order valence-corrected chi connectivity index (χ1v) is 9.21. The average Bonchev–Trinajstić information content (AvgIpc) is 3.33. The van der Waals surface area contributed by atoms with E-state index in [9.17, 15) is 4.79 Å². The molecule has 0 bridgehead atoms. The van der Waals surface area contributed by atoms with Crippen LogP contribution in [0.25, 0.3) is 11.0 Å². The van der Waals surface area contributed by atoms with Gasteiger partial charge in [0.2, 0.25) is 0 Å². The quantitative estimate of drug-likeness (QED) is 0.464. The van der Waals surface area contributed by atoms with Gasteiger partial charge in [-0.05, 0) is 18.8 Å². The van der Waals surface area contributed by atoms with E-state index in [1.54, 1.807) is 0 Å². The Labute approximate surface area is 158 Å². The first-order valence-electron chi connectivity index (χ1n) is 9.21. The van der Waals surface area contributed by atoms with Crippen LogP contribution >= 0.6 is 0 Å². The molecule has 3 rings (SSSR count). The molecule has 150 valence electrons. The number of carbonyl (C=O) groups is 1. The Hall–Kier alpha value is -2.23. The van der Waals surface area contributed by atoms with Crippen molar-refractivity contribution in [1.29, 1.82) is 0 Å². The van der Waals surface area contributed by atoms with E-state index in [0.29, 0.717) is 12.4 Å². The average molecular weight is 378 g/mol. The van der Waals surface area contributed by atoms with E-state index in [2.05, 4.69) is 20.3 Å². The molecule has 2 aromatic rings. The van der Waals surface area contributed by atoms with Crippen molar-refractivity contribution in [2.24, 2.45) is 11.7 Å². The number of nitrogens with one attached hydrogen (secondary N) is 2. The monoisotopic (exact) mass is 378 g/mol. The third kappa shape index (κ3) is 4.74. The third-order valence-corrected chi connectivity index (χ3v) is 5.09. The number of nitrogen functional groups attached to an aromatic ring is 1. The van der Waals surface area contributed by atoms with Crippen molar-refractivity contribution in [2.45, 2.75) is 51.2 Å². The molecule has 7 N–H and O–H groups in total. The van der Waals surface area contributed by atoms with E-state index < -0.39 is 6.04 Å². The van der Waals surface area contributed by atoms with Gasteiger partial charge in [-0.15, -0.1) is 0 Å². The Kier molecular flexibility index (Phi) is 7.52. The van der Waals surface area contributed by atoms with Crippen molar-refractivity contribution in [1.82, 2.24) is 20.3 Å². The predicted molar refractivity (Wildman–Crippen MR) is 104 cm³/mol. The second kappa shape index (κ2) is 9.63. The van der Waals surface area contributed by atoms with Gasteiger partial charge in [0.15, 0.2) is 5.82 Å². The zero-order valence-corrected chi connectivity index (χ0v) is 16.1. The number of nitrogens with zero attached hydrogens (tertiary/aromatic N) is 2. The molecule has 27 heavy (non-hydrogen) atoms. The van der Waals surface area contributed by atoms with Crippen molar-refractivity contribution in [3.63, 3.8) is 0 Å². The lowest BCUT2D eigenvalue weighted by molar-refractivity contribution is -0.147. The third-order valence-electron chi connectivity index (χ3n) is 5.09. The van der Waals surface area contributed by atoms with Gasteiger partial charge in [-0.1, -0.05) is 20.3 Å². The minimum Gasteiger partial charge on any atom is -0.463 e. The standard InChI is InChI=1S/C17H26N6O2.CH4O/c1-3-9(2)13(18)17(24)25-7-10-4-5-12(23-10)11-6-20-15-14(11)21-8-22-16(15)19;1-2/h6,8-10,12-13,20,23H,3-5,7,18H2,1-2H3,(H2,19,21,22);2H,1H3. The maximum atomic E-state index is 12.0. The van der Waals surface area contributed by atoms with Gasteiger partial charge in [0, 0.05) is 31.0 Å². The van der Waals surface area contributed by atoms with Crippen LogP contribution < -0.4 is 16.8 Å². The summed E-state index contributed by atoms with van der Waals surface area (Å²) >= 11 is 0. The van der Waals surface area contributed by atoms with Crippen LogP contribution in [0.1, 0.15) is 44.7 Å². The molecule has 1 aliphatic heterocycles.